The first-order chi connectivity index (χ1) is 14.9. The molecule has 2 atom stereocenters. The number of para-hydroxylation sites is 2. The molecule has 0 spiro atoms. The fourth-order valence-corrected chi connectivity index (χ4v) is 5.25. The highest BCUT2D eigenvalue weighted by atomic mass is 32.2. The minimum atomic E-state index is -3.58. The minimum absolute atomic E-state index is 0.0837. The summed E-state index contributed by atoms with van der Waals surface area (Å²) in [6.07, 6.45) is 2.58. The number of rotatable bonds is 6. The molecule has 2 aromatic carbocycles. The van der Waals surface area contributed by atoms with Crippen molar-refractivity contribution in [3.05, 3.63) is 59.9 Å². The quantitative estimate of drug-likeness (QED) is 0.611. The molecule has 3 aromatic rings. The van der Waals surface area contributed by atoms with Gasteiger partial charge in [0.05, 0.1) is 15.9 Å². The lowest BCUT2D eigenvalue weighted by atomic mass is 9.96. The van der Waals surface area contributed by atoms with Gasteiger partial charge in [-0.05, 0) is 62.6 Å². The average molecular weight is 441 g/mol. The standard InChI is InChI=1S/C23H28N4O3S/c1-3-16(2)26-31(29,30)19-12-10-17(11-13-19)23(28)27-14-6-7-18(15-27)22-24-20-8-4-5-9-21(20)25-22/h4-5,8-13,16,18,26H,3,6-7,14-15H2,1-2H3,(H,24,25)/t16-,18+/m0/s1. The number of fused-ring (bicyclic) bond motifs is 1. The van der Waals surface area contributed by atoms with Gasteiger partial charge in [-0.15, -0.1) is 0 Å². The Balaban J connectivity index is 1.47. The third-order valence-electron chi connectivity index (χ3n) is 5.88. The lowest BCUT2D eigenvalue weighted by Crippen LogP contribution is -2.39. The van der Waals surface area contributed by atoms with Crippen molar-refractivity contribution >= 4 is 27.0 Å². The molecule has 8 heteroatoms. The first-order valence-electron chi connectivity index (χ1n) is 10.7. The second kappa shape index (κ2) is 8.80. The maximum Gasteiger partial charge on any atom is 0.253 e. The van der Waals surface area contributed by atoms with E-state index in [0.29, 0.717) is 25.1 Å². The average Bonchev–Trinajstić information content (AvgIpc) is 3.23. The van der Waals surface area contributed by atoms with E-state index in [4.69, 9.17) is 4.98 Å². The van der Waals surface area contributed by atoms with Crippen molar-refractivity contribution in [2.24, 2.45) is 0 Å². The number of carbonyl (C=O) groups is 1. The number of amides is 1. The summed E-state index contributed by atoms with van der Waals surface area (Å²) < 4.78 is 27.5. The van der Waals surface area contributed by atoms with Crippen LogP contribution in [0.2, 0.25) is 0 Å². The van der Waals surface area contributed by atoms with Gasteiger partial charge in [-0.3, -0.25) is 4.79 Å². The molecule has 31 heavy (non-hydrogen) atoms. The van der Waals surface area contributed by atoms with Crippen molar-refractivity contribution in [3.8, 4) is 0 Å². The lowest BCUT2D eigenvalue weighted by molar-refractivity contribution is 0.0705. The fraction of sp³-hybridized carbons (Fsp3) is 0.391. The van der Waals surface area contributed by atoms with Crippen LogP contribution < -0.4 is 4.72 Å². The third kappa shape index (κ3) is 4.65. The van der Waals surface area contributed by atoms with E-state index in [1.54, 1.807) is 12.1 Å². The second-order valence-electron chi connectivity index (χ2n) is 8.18. The SMILES string of the molecule is CC[C@H](C)NS(=O)(=O)c1ccc(C(=O)N2CCC[C@@H](c3nc4ccccc4[nH]3)C2)cc1. The maximum absolute atomic E-state index is 13.1. The van der Waals surface area contributed by atoms with Crippen molar-refractivity contribution in [1.29, 1.82) is 0 Å². The Kier molecular flexibility index (Phi) is 6.11. The molecule has 1 amide bonds. The Hall–Kier alpha value is -2.71. The van der Waals surface area contributed by atoms with Crippen molar-refractivity contribution in [3.63, 3.8) is 0 Å². The maximum atomic E-state index is 13.1. The summed E-state index contributed by atoms with van der Waals surface area (Å²) >= 11 is 0. The normalized spacial score (nSPS) is 18.3. The Morgan fingerprint density at radius 2 is 1.97 bits per heavy atom. The zero-order valence-electron chi connectivity index (χ0n) is 17.8. The molecule has 1 fully saturated rings. The number of piperidine rings is 1. The zero-order chi connectivity index (χ0) is 22.0. The minimum Gasteiger partial charge on any atom is -0.342 e. The van der Waals surface area contributed by atoms with Gasteiger partial charge in [-0.2, -0.15) is 0 Å². The number of likely N-dealkylation sites (tertiary alicyclic amines) is 1. The molecular formula is C23H28N4O3S. The van der Waals surface area contributed by atoms with Crippen LogP contribution in [0.4, 0.5) is 0 Å². The fourth-order valence-electron chi connectivity index (χ4n) is 3.93. The van der Waals surface area contributed by atoms with Gasteiger partial charge < -0.3 is 9.88 Å². The molecule has 1 aliphatic heterocycles. The Morgan fingerprint density at radius 3 is 2.68 bits per heavy atom. The molecule has 0 aliphatic carbocycles. The molecular weight excluding hydrogens is 412 g/mol. The molecule has 164 valence electrons. The number of hydrogen-bond donors (Lipinski definition) is 2. The van der Waals surface area contributed by atoms with E-state index in [1.807, 2.05) is 43.0 Å². The zero-order valence-corrected chi connectivity index (χ0v) is 18.7. The molecule has 0 bridgehead atoms. The van der Waals surface area contributed by atoms with E-state index < -0.39 is 10.0 Å². The van der Waals surface area contributed by atoms with E-state index in [2.05, 4.69) is 9.71 Å². The first kappa shape index (κ1) is 21.5. The molecule has 0 radical (unpaired) electrons. The number of imidazole rings is 1. The highest BCUT2D eigenvalue weighted by Gasteiger charge is 2.27. The van der Waals surface area contributed by atoms with Gasteiger partial charge in [0.15, 0.2) is 0 Å². The molecule has 4 rings (SSSR count). The van der Waals surface area contributed by atoms with Gasteiger partial charge in [-0.1, -0.05) is 19.1 Å². The van der Waals surface area contributed by atoms with Crippen LogP contribution in [-0.4, -0.2) is 48.3 Å². The van der Waals surface area contributed by atoms with E-state index in [-0.39, 0.29) is 22.8 Å². The van der Waals surface area contributed by atoms with Crippen LogP contribution in [0.5, 0.6) is 0 Å². The van der Waals surface area contributed by atoms with Crippen molar-refractivity contribution < 1.29 is 13.2 Å². The predicted molar refractivity (Wildman–Crippen MR) is 120 cm³/mol. The monoisotopic (exact) mass is 440 g/mol. The van der Waals surface area contributed by atoms with Crippen LogP contribution in [0.3, 0.4) is 0 Å². The summed E-state index contributed by atoms with van der Waals surface area (Å²) in [5, 5.41) is 0. The topological polar surface area (TPSA) is 95.2 Å². The molecule has 7 nitrogen and oxygen atoms in total. The van der Waals surface area contributed by atoms with Gasteiger partial charge >= 0.3 is 0 Å². The number of sulfonamides is 1. The lowest BCUT2D eigenvalue weighted by Gasteiger charge is -2.32. The van der Waals surface area contributed by atoms with E-state index in [1.165, 1.54) is 12.1 Å². The number of nitrogens with one attached hydrogen (secondary N) is 2. The van der Waals surface area contributed by atoms with Crippen LogP contribution in [-0.2, 0) is 10.0 Å². The van der Waals surface area contributed by atoms with Crippen LogP contribution >= 0.6 is 0 Å². The number of H-pyrrole nitrogens is 1. The van der Waals surface area contributed by atoms with Crippen LogP contribution in [0.1, 0.15) is 55.2 Å². The molecule has 0 saturated carbocycles. The van der Waals surface area contributed by atoms with Crippen molar-refractivity contribution in [2.45, 2.75) is 50.0 Å². The molecule has 2 heterocycles. The van der Waals surface area contributed by atoms with Crippen molar-refractivity contribution in [2.75, 3.05) is 13.1 Å². The summed E-state index contributed by atoms with van der Waals surface area (Å²) in [5.41, 5.74) is 2.43. The smallest absolute Gasteiger partial charge is 0.253 e. The first-order valence-corrected chi connectivity index (χ1v) is 12.2. The number of aromatic nitrogens is 2. The Morgan fingerprint density at radius 1 is 1.23 bits per heavy atom. The van der Waals surface area contributed by atoms with Gasteiger partial charge in [0.25, 0.3) is 5.91 Å². The molecule has 1 aliphatic rings. The number of benzene rings is 2. The highest BCUT2D eigenvalue weighted by molar-refractivity contribution is 7.89. The molecule has 2 N–H and O–H groups in total. The third-order valence-corrected chi connectivity index (χ3v) is 7.49. The molecule has 0 unspecified atom stereocenters. The number of aromatic amines is 1. The summed E-state index contributed by atoms with van der Waals surface area (Å²) in [5.74, 6) is 0.986. The molecule has 1 saturated heterocycles. The Bertz CT molecular complexity index is 1140. The van der Waals surface area contributed by atoms with Crippen molar-refractivity contribution in [1.82, 2.24) is 19.6 Å². The summed E-state index contributed by atoms with van der Waals surface area (Å²) in [6, 6.07) is 14.0. The van der Waals surface area contributed by atoms with Gasteiger partial charge in [-0.25, -0.2) is 18.1 Å². The largest absolute Gasteiger partial charge is 0.342 e. The summed E-state index contributed by atoms with van der Waals surface area (Å²) in [4.78, 5) is 23.2. The van der Waals surface area contributed by atoms with E-state index in [0.717, 1.165) is 29.7 Å². The van der Waals surface area contributed by atoms with Crippen LogP contribution in [0.25, 0.3) is 11.0 Å². The highest BCUT2D eigenvalue weighted by Crippen LogP contribution is 2.27. The van der Waals surface area contributed by atoms with Crippen LogP contribution in [0.15, 0.2) is 53.4 Å². The summed E-state index contributed by atoms with van der Waals surface area (Å²) in [6.45, 7) is 5.02. The van der Waals surface area contributed by atoms with Gasteiger partial charge in [0, 0.05) is 30.6 Å². The second-order valence-corrected chi connectivity index (χ2v) is 9.90. The van der Waals surface area contributed by atoms with Crippen LogP contribution in [0, 0.1) is 0 Å². The van der Waals surface area contributed by atoms with Gasteiger partial charge in [0.2, 0.25) is 10.0 Å². The summed E-state index contributed by atoms with van der Waals surface area (Å²) in [7, 11) is -3.58. The van der Waals surface area contributed by atoms with E-state index >= 15 is 0 Å². The van der Waals surface area contributed by atoms with E-state index in [9.17, 15) is 13.2 Å². The van der Waals surface area contributed by atoms with Gasteiger partial charge in [0.1, 0.15) is 5.82 Å². The number of nitrogens with zero attached hydrogens (tertiary/aromatic N) is 2. The number of carbonyl (C=O) groups excluding carboxylic acids is 1. The Labute approximate surface area is 182 Å². The predicted octanol–water partition coefficient (Wildman–Crippen LogP) is 3.66. The number of hydrogen-bond acceptors (Lipinski definition) is 4. The molecule has 1 aromatic heterocycles.